The minimum Gasteiger partial charge on any atom is -0.497 e. The first kappa shape index (κ1) is 15.6. The molecule has 0 fully saturated rings. The van der Waals surface area contributed by atoms with Crippen molar-refractivity contribution in [3.8, 4) is 11.5 Å². The maximum absolute atomic E-state index is 10.9. The average molecular weight is 303 g/mol. The molecule has 1 aromatic heterocycles. The van der Waals surface area contributed by atoms with Crippen LogP contribution in [-0.2, 0) is 0 Å². The van der Waals surface area contributed by atoms with Gasteiger partial charge < -0.3 is 14.8 Å². The molecule has 0 aliphatic rings. The molecule has 0 amide bonds. The van der Waals surface area contributed by atoms with Gasteiger partial charge in [0.2, 0.25) is 5.82 Å². The summed E-state index contributed by atoms with van der Waals surface area (Å²) in [5.41, 5.74) is -0.0563. The molecule has 1 unspecified atom stereocenters. The van der Waals surface area contributed by atoms with Gasteiger partial charge in [-0.15, -0.1) is 0 Å². The van der Waals surface area contributed by atoms with Crippen LogP contribution in [0.3, 0.4) is 0 Å². The highest BCUT2D eigenvalue weighted by Gasteiger charge is 2.14. The summed E-state index contributed by atoms with van der Waals surface area (Å²) in [7, 11) is 1.60. The molecular formula is C15H17N3O4. The lowest BCUT2D eigenvalue weighted by molar-refractivity contribution is -0.384. The van der Waals surface area contributed by atoms with Crippen LogP contribution in [0.4, 0.5) is 11.5 Å². The highest BCUT2D eigenvalue weighted by atomic mass is 16.6. The molecule has 22 heavy (non-hydrogen) atoms. The SMILES string of the molecule is COc1ccc(OC(C)CNc2ncccc2[N+](=O)[O-])cc1. The minimum atomic E-state index is -0.468. The fourth-order valence-electron chi connectivity index (χ4n) is 1.85. The third-order valence-corrected chi connectivity index (χ3v) is 2.94. The Kier molecular flexibility index (Phi) is 5.13. The quantitative estimate of drug-likeness (QED) is 0.625. The molecule has 7 nitrogen and oxygen atoms in total. The number of pyridine rings is 1. The second-order valence-electron chi connectivity index (χ2n) is 4.61. The number of hydrogen-bond acceptors (Lipinski definition) is 6. The monoisotopic (exact) mass is 303 g/mol. The number of nitrogens with one attached hydrogen (secondary N) is 1. The second kappa shape index (κ2) is 7.26. The van der Waals surface area contributed by atoms with Crippen molar-refractivity contribution >= 4 is 11.5 Å². The number of nitrogens with zero attached hydrogens (tertiary/aromatic N) is 2. The van der Waals surface area contributed by atoms with Crippen LogP contribution in [0.15, 0.2) is 42.6 Å². The normalized spacial score (nSPS) is 11.5. The van der Waals surface area contributed by atoms with Gasteiger partial charge in [-0.2, -0.15) is 0 Å². The summed E-state index contributed by atoms with van der Waals surface area (Å²) in [6.45, 7) is 2.26. The molecule has 0 aliphatic carbocycles. The predicted octanol–water partition coefficient (Wildman–Crippen LogP) is 2.88. The second-order valence-corrected chi connectivity index (χ2v) is 4.61. The van der Waals surface area contributed by atoms with Gasteiger partial charge in [0.05, 0.1) is 18.6 Å². The lowest BCUT2D eigenvalue weighted by Crippen LogP contribution is -2.23. The van der Waals surface area contributed by atoms with Crippen LogP contribution in [0, 0.1) is 10.1 Å². The number of nitro groups is 1. The van der Waals surface area contributed by atoms with Crippen LogP contribution < -0.4 is 14.8 Å². The van der Waals surface area contributed by atoms with Gasteiger partial charge in [0.15, 0.2) is 0 Å². The minimum absolute atomic E-state index is 0.0563. The van der Waals surface area contributed by atoms with E-state index in [0.717, 1.165) is 5.75 Å². The van der Waals surface area contributed by atoms with Gasteiger partial charge in [0.1, 0.15) is 17.6 Å². The maximum atomic E-state index is 10.9. The van der Waals surface area contributed by atoms with E-state index in [2.05, 4.69) is 10.3 Å². The largest absolute Gasteiger partial charge is 0.497 e. The first-order chi connectivity index (χ1) is 10.6. The van der Waals surface area contributed by atoms with Crippen molar-refractivity contribution in [2.45, 2.75) is 13.0 Å². The zero-order valence-electron chi connectivity index (χ0n) is 12.4. The number of hydrogen-bond donors (Lipinski definition) is 1. The van der Waals surface area contributed by atoms with Gasteiger partial charge in [-0.3, -0.25) is 10.1 Å². The van der Waals surface area contributed by atoms with Crippen LogP contribution >= 0.6 is 0 Å². The number of methoxy groups -OCH3 is 1. The fourth-order valence-corrected chi connectivity index (χ4v) is 1.85. The van der Waals surface area contributed by atoms with Gasteiger partial charge >= 0.3 is 5.69 Å². The summed E-state index contributed by atoms with van der Waals surface area (Å²) < 4.78 is 10.8. The fraction of sp³-hybridized carbons (Fsp3) is 0.267. The number of aromatic nitrogens is 1. The average Bonchev–Trinajstić information content (AvgIpc) is 2.54. The molecule has 0 saturated heterocycles. The van der Waals surface area contributed by atoms with Crippen LogP contribution in [0.2, 0.25) is 0 Å². The van der Waals surface area contributed by atoms with Crippen molar-refractivity contribution in [3.05, 3.63) is 52.7 Å². The van der Waals surface area contributed by atoms with E-state index in [0.29, 0.717) is 12.3 Å². The van der Waals surface area contributed by atoms with Crippen molar-refractivity contribution < 1.29 is 14.4 Å². The maximum Gasteiger partial charge on any atom is 0.311 e. The Morgan fingerprint density at radius 3 is 2.59 bits per heavy atom. The molecule has 2 rings (SSSR count). The van der Waals surface area contributed by atoms with E-state index in [9.17, 15) is 10.1 Å². The number of ether oxygens (including phenoxy) is 2. The third kappa shape index (κ3) is 4.08. The Hall–Kier alpha value is -2.83. The van der Waals surface area contributed by atoms with Gasteiger partial charge in [-0.1, -0.05) is 0 Å². The van der Waals surface area contributed by atoms with E-state index in [1.165, 1.54) is 18.3 Å². The van der Waals surface area contributed by atoms with Crippen LogP contribution in [0.5, 0.6) is 11.5 Å². The van der Waals surface area contributed by atoms with Gasteiger partial charge in [0, 0.05) is 12.3 Å². The van der Waals surface area contributed by atoms with Crippen LogP contribution in [0.1, 0.15) is 6.92 Å². The lowest BCUT2D eigenvalue weighted by atomic mass is 10.3. The lowest BCUT2D eigenvalue weighted by Gasteiger charge is -2.16. The first-order valence-electron chi connectivity index (χ1n) is 6.74. The number of benzene rings is 1. The summed E-state index contributed by atoms with van der Waals surface area (Å²) in [4.78, 5) is 14.4. The molecule has 0 bridgehead atoms. The van der Waals surface area contributed by atoms with Gasteiger partial charge in [0.25, 0.3) is 0 Å². The smallest absolute Gasteiger partial charge is 0.311 e. The summed E-state index contributed by atoms with van der Waals surface area (Å²) in [5.74, 6) is 1.69. The third-order valence-electron chi connectivity index (χ3n) is 2.94. The van der Waals surface area contributed by atoms with Crippen molar-refractivity contribution in [2.75, 3.05) is 19.0 Å². The molecule has 0 aliphatic heterocycles. The predicted molar refractivity (Wildman–Crippen MR) is 82.5 cm³/mol. The Morgan fingerprint density at radius 2 is 1.95 bits per heavy atom. The van der Waals surface area contributed by atoms with E-state index in [1.54, 1.807) is 31.4 Å². The Balaban J connectivity index is 1.92. The van der Waals surface area contributed by atoms with Gasteiger partial charge in [-0.25, -0.2) is 4.98 Å². The standard InChI is InChI=1S/C15H17N3O4/c1-11(22-13-7-5-12(21-2)6-8-13)10-17-15-14(18(19)20)4-3-9-16-15/h3-9,11H,10H2,1-2H3,(H,16,17). The molecule has 0 radical (unpaired) electrons. The summed E-state index contributed by atoms with van der Waals surface area (Å²) >= 11 is 0. The summed E-state index contributed by atoms with van der Waals surface area (Å²) in [5, 5.41) is 13.8. The number of rotatable bonds is 7. The molecule has 7 heteroatoms. The number of anilines is 1. The highest BCUT2D eigenvalue weighted by Crippen LogP contribution is 2.21. The van der Waals surface area contributed by atoms with Crippen LogP contribution in [0.25, 0.3) is 0 Å². The van der Waals surface area contributed by atoms with E-state index < -0.39 is 4.92 Å². The topological polar surface area (TPSA) is 86.5 Å². The summed E-state index contributed by atoms with van der Waals surface area (Å²) in [6.07, 6.45) is 1.32. The van der Waals surface area contributed by atoms with Crippen molar-refractivity contribution in [2.24, 2.45) is 0 Å². The zero-order valence-corrected chi connectivity index (χ0v) is 12.4. The van der Waals surface area contributed by atoms with Crippen molar-refractivity contribution in [1.29, 1.82) is 0 Å². The van der Waals surface area contributed by atoms with E-state index >= 15 is 0 Å². The molecule has 1 heterocycles. The van der Waals surface area contributed by atoms with E-state index in [-0.39, 0.29) is 17.6 Å². The molecule has 1 atom stereocenters. The molecule has 0 spiro atoms. The van der Waals surface area contributed by atoms with E-state index in [1.807, 2.05) is 6.92 Å². The highest BCUT2D eigenvalue weighted by molar-refractivity contribution is 5.55. The molecule has 0 saturated carbocycles. The Labute approximate surface area is 128 Å². The molecule has 1 aromatic carbocycles. The van der Waals surface area contributed by atoms with Gasteiger partial charge in [-0.05, 0) is 37.3 Å². The Bertz CT molecular complexity index is 631. The zero-order chi connectivity index (χ0) is 15.9. The Morgan fingerprint density at radius 1 is 1.27 bits per heavy atom. The van der Waals surface area contributed by atoms with E-state index in [4.69, 9.17) is 9.47 Å². The first-order valence-corrected chi connectivity index (χ1v) is 6.74. The van der Waals surface area contributed by atoms with Crippen molar-refractivity contribution in [1.82, 2.24) is 4.98 Å². The van der Waals surface area contributed by atoms with Crippen LogP contribution in [-0.4, -0.2) is 29.7 Å². The molecule has 116 valence electrons. The summed E-state index contributed by atoms with van der Waals surface area (Å²) in [6, 6.07) is 10.2. The van der Waals surface area contributed by atoms with Crippen molar-refractivity contribution in [3.63, 3.8) is 0 Å². The molecule has 2 aromatic rings. The molecule has 1 N–H and O–H groups in total. The molecular weight excluding hydrogens is 286 g/mol.